The molecule has 0 aliphatic carbocycles. The van der Waals surface area contributed by atoms with Crippen molar-refractivity contribution in [3.8, 4) is 0 Å². The Kier molecular flexibility index (Phi) is 6.49. The second-order valence-electron chi connectivity index (χ2n) is 5.90. The molecule has 5 heteroatoms. The molecule has 5 nitrogen and oxygen atoms in total. The number of rotatable bonds is 7. The van der Waals surface area contributed by atoms with Crippen molar-refractivity contribution in [3.05, 3.63) is 54.6 Å². The average molecular weight is 326 g/mol. The predicted octanol–water partition coefficient (Wildman–Crippen LogP) is 3.40. The molecule has 2 amide bonds. The number of amides is 2. The third kappa shape index (κ3) is 5.19. The van der Waals surface area contributed by atoms with Crippen LogP contribution in [0, 0.1) is 0 Å². The van der Waals surface area contributed by atoms with Crippen molar-refractivity contribution in [2.24, 2.45) is 0 Å². The van der Waals surface area contributed by atoms with Crippen molar-refractivity contribution in [2.45, 2.75) is 6.42 Å². The smallest absolute Gasteiger partial charge is 0.319 e. The molecule has 128 valence electrons. The summed E-state index contributed by atoms with van der Waals surface area (Å²) < 4.78 is 0. The summed E-state index contributed by atoms with van der Waals surface area (Å²) in [5.41, 5.74) is 2.97. The van der Waals surface area contributed by atoms with Gasteiger partial charge in [0, 0.05) is 39.9 Å². The monoisotopic (exact) mass is 326 g/mol. The molecule has 0 aromatic heterocycles. The molecule has 0 aliphatic heterocycles. The lowest BCUT2D eigenvalue weighted by Crippen LogP contribution is -2.32. The van der Waals surface area contributed by atoms with E-state index in [0.29, 0.717) is 6.54 Å². The lowest BCUT2D eigenvalue weighted by atomic mass is 10.2. The van der Waals surface area contributed by atoms with Crippen LogP contribution in [-0.2, 0) is 0 Å². The third-order valence-corrected chi connectivity index (χ3v) is 3.79. The lowest BCUT2D eigenvalue weighted by molar-refractivity contribution is 0.252. The van der Waals surface area contributed by atoms with E-state index in [9.17, 15) is 4.79 Å². The van der Waals surface area contributed by atoms with Crippen LogP contribution in [0.3, 0.4) is 0 Å². The van der Waals surface area contributed by atoms with Crippen LogP contribution in [0.25, 0.3) is 0 Å². The maximum absolute atomic E-state index is 12.0. The minimum Gasteiger partial charge on any atom is -0.376 e. The topological polar surface area (TPSA) is 47.6 Å². The van der Waals surface area contributed by atoms with E-state index in [4.69, 9.17) is 0 Å². The van der Waals surface area contributed by atoms with E-state index in [1.165, 1.54) is 5.69 Å². The molecule has 2 rings (SSSR count). The molecule has 0 spiro atoms. The number of para-hydroxylation sites is 3. The first-order valence-electron chi connectivity index (χ1n) is 8.15. The van der Waals surface area contributed by atoms with E-state index in [-0.39, 0.29) is 6.03 Å². The van der Waals surface area contributed by atoms with Gasteiger partial charge in [-0.2, -0.15) is 0 Å². The Labute approximate surface area is 144 Å². The molecule has 0 saturated carbocycles. The number of nitrogens with zero attached hydrogens (tertiary/aromatic N) is 2. The molecule has 0 bridgehead atoms. The average Bonchev–Trinajstić information content (AvgIpc) is 2.59. The largest absolute Gasteiger partial charge is 0.376 e. The van der Waals surface area contributed by atoms with Crippen molar-refractivity contribution in [1.82, 2.24) is 5.32 Å². The Bertz CT molecular complexity index is 643. The molecule has 0 atom stereocenters. The van der Waals surface area contributed by atoms with Crippen LogP contribution < -0.4 is 20.4 Å². The second-order valence-corrected chi connectivity index (χ2v) is 5.90. The highest BCUT2D eigenvalue weighted by Gasteiger charge is 2.07. The minimum absolute atomic E-state index is 0.174. The molecule has 24 heavy (non-hydrogen) atoms. The van der Waals surface area contributed by atoms with Gasteiger partial charge in [0.2, 0.25) is 0 Å². The van der Waals surface area contributed by atoms with Gasteiger partial charge in [0.1, 0.15) is 0 Å². The van der Waals surface area contributed by atoms with Gasteiger partial charge in [0.05, 0.1) is 11.4 Å². The molecule has 0 unspecified atom stereocenters. The van der Waals surface area contributed by atoms with E-state index >= 15 is 0 Å². The third-order valence-electron chi connectivity index (χ3n) is 3.79. The van der Waals surface area contributed by atoms with Gasteiger partial charge in [-0.05, 0) is 30.7 Å². The number of nitrogens with one attached hydrogen (secondary N) is 2. The van der Waals surface area contributed by atoms with E-state index in [1.54, 1.807) is 0 Å². The van der Waals surface area contributed by atoms with Gasteiger partial charge in [-0.1, -0.05) is 30.3 Å². The zero-order chi connectivity index (χ0) is 17.4. The van der Waals surface area contributed by atoms with Gasteiger partial charge in [0.25, 0.3) is 0 Å². The number of urea groups is 1. The van der Waals surface area contributed by atoms with Crippen LogP contribution in [0.1, 0.15) is 6.42 Å². The fourth-order valence-corrected chi connectivity index (χ4v) is 2.47. The van der Waals surface area contributed by atoms with Crippen LogP contribution >= 0.6 is 0 Å². The standard InChI is InChI=1S/C19H26N4O/c1-22(2)18-13-8-7-12-17(18)21-19(24)20-14-9-15-23(3)16-10-5-4-6-11-16/h4-8,10-13H,9,14-15H2,1-3H3,(H2,20,21,24). The van der Waals surface area contributed by atoms with Crippen LogP contribution in [-0.4, -0.2) is 40.3 Å². The van der Waals surface area contributed by atoms with Crippen molar-refractivity contribution >= 4 is 23.1 Å². The zero-order valence-electron chi connectivity index (χ0n) is 14.6. The Morgan fingerprint density at radius 3 is 2.33 bits per heavy atom. The number of carbonyl (C=O) groups excluding carboxylic acids is 1. The summed E-state index contributed by atoms with van der Waals surface area (Å²) in [5.74, 6) is 0. The first-order valence-corrected chi connectivity index (χ1v) is 8.15. The molecule has 0 saturated heterocycles. The second kappa shape index (κ2) is 8.82. The number of hydrogen-bond acceptors (Lipinski definition) is 3. The normalized spacial score (nSPS) is 10.1. The molecule has 2 aromatic carbocycles. The van der Waals surface area contributed by atoms with E-state index < -0.39 is 0 Å². The summed E-state index contributed by atoms with van der Waals surface area (Å²) in [5, 5.41) is 5.82. The van der Waals surface area contributed by atoms with Crippen molar-refractivity contribution in [3.63, 3.8) is 0 Å². The molecule has 0 radical (unpaired) electrons. The fourth-order valence-electron chi connectivity index (χ4n) is 2.47. The Balaban J connectivity index is 1.74. The SMILES string of the molecule is CN(C)c1ccccc1NC(=O)NCCCN(C)c1ccccc1. The number of benzene rings is 2. The molecule has 2 aromatic rings. The highest BCUT2D eigenvalue weighted by atomic mass is 16.2. The van der Waals surface area contributed by atoms with Crippen molar-refractivity contribution in [1.29, 1.82) is 0 Å². The van der Waals surface area contributed by atoms with Crippen LogP contribution in [0.4, 0.5) is 21.9 Å². The Morgan fingerprint density at radius 1 is 0.958 bits per heavy atom. The van der Waals surface area contributed by atoms with Gasteiger partial charge in [-0.15, -0.1) is 0 Å². The van der Waals surface area contributed by atoms with Gasteiger partial charge >= 0.3 is 6.03 Å². The summed E-state index contributed by atoms with van der Waals surface area (Å²) in [6.07, 6.45) is 0.883. The number of anilines is 3. The Hall–Kier alpha value is -2.69. The summed E-state index contributed by atoms with van der Waals surface area (Å²) in [4.78, 5) is 16.2. The predicted molar refractivity (Wildman–Crippen MR) is 102 cm³/mol. The maximum Gasteiger partial charge on any atom is 0.319 e. The van der Waals surface area contributed by atoms with Crippen molar-refractivity contribution in [2.75, 3.05) is 49.3 Å². The first-order chi connectivity index (χ1) is 11.6. The quantitative estimate of drug-likeness (QED) is 0.767. The molecular formula is C19H26N4O. The summed E-state index contributed by atoms with van der Waals surface area (Å²) in [6, 6.07) is 17.8. The summed E-state index contributed by atoms with van der Waals surface area (Å²) >= 11 is 0. The van der Waals surface area contributed by atoms with Gasteiger partial charge < -0.3 is 20.4 Å². The van der Waals surface area contributed by atoms with Gasteiger partial charge in [-0.25, -0.2) is 4.79 Å². The fraction of sp³-hybridized carbons (Fsp3) is 0.316. The highest BCUT2D eigenvalue weighted by Crippen LogP contribution is 2.23. The number of hydrogen-bond donors (Lipinski definition) is 2. The van der Waals surface area contributed by atoms with Crippen molar-refractivity contribution < 1.29 is 4.79 Å². The van der Waals surface area contributed by atoms with Crippen LogP contribution in [0.5, 0.6) is 0 Å². The Morgan fingerprint density at radius 2 is 1.62 bits per heavy atom. The lowest BCUT2D eigenvalue weighted by Gasteiger charge is -2.20. The van der Waals surface area contributed by atoms with E-state index in [0.717, 1.165) is 24.3 Å². The highest BCUT2D eigenvalue weighted by molar-refractivity contribution is 5.93. The van der Waals surface area contributed by atoms with Gasteiger partial charge in [0.15, 0.2) is 0 Å². The molecule has 0 aliphatic rings. The van der Waals surface area contributed by atoms with E-state index in [1.807, 2.05) is 61.5 Å². The van der Waals surface area contributed by atoms with Gasteiger partial charge in [-0.3, -0.25) is 0 Å². The molecule has 0 heterocycles. The first kappa shape index (κ1) is 17.7. The van der Waals surface area contributed by atoms with E-state index in [2.05, 4.69) is 34.7 Å². The number of carbonyl (C=O) groups is 1. The molecule has 2 N–H and O–H groups in total. The maximum atomic E-state index is 12.0. The summed E-state index contributed by atoms with van der Waals surface area (Å²) in [6.45, 7) is 1.52. The summed E-state index contributed by atoms with van der Waals surface area (Å²) in [7, 11) is 5.97. The molecule has 0 fully saturated rings. The molecular weight excluding hydrogens is 300 g/mol. The van der Waals surface area contributed by atoms with Crippen LogP contribution in [0.2, 0.25) is 0 Å². The zero-order valence-corrected chi connectivity index (χ0v) is 14.6. The van der Waals surface area contributed by atoms with Crippen LogP contribution in [0.15, 0.2) is 54.6 Å². The minimum atomic E-state index is -0.174.